The van der Waals surface area contributed by atoms with Crippen LogP contribution in [0.25, 0.3) is 11.1 Å². The van der Waals surface area contributed by atoms with Crippen LogP contribution in [0.5, 0.6) is 5.75 Å². The first kappa shape index (κ1) is 12.1. The molecule has 3 nitrogen and oxygen atoms in total. The number of halogens is 1. The van der Waals surface area contributed by atoms with Crippen LogP contribution in [-0.2, 0) is 4.74 Å². The summed E-state index contributed by atoms with van der Waals surface area (Å²) >= 11 is 0. The normalized spacial score (nSPS) is 10.1. The average molecular weight is 246 g/mol. The lowest BCUT2D eigenvalue weighted by Crippen LogP contribution is -2.01. The third-order valence-corrected chi connectivity index (χ3v) is 2.55. The fourth-order valence-electron chi connectivity index (χ4n) is 1.67. The van der Waals surface area contributed by atoms with Gasteiger partial charge in [0.2, 0.25) is 0 Å². The molecule has 0 spiro atoms. The Bertz CT molecular complexity index is 593. The fraction of sp³-hybridized carbons (Fsp3) is 0.0714. The van der Waals surface area contributed by atoms with Gasteiger partial charge in [-0.25, -0.2) is 9.18 Å². The van der Waals surface area contributed by atoms with Crippen molar-refractivity contribution in [1.29, 1.82) is 0 Å². The van der Waals surface area contributed by atoms with Crippen molar-refractivity contribution >= 4 is 5.97 Å². The minimum Gasteiger partial charge on any atom is -0.507 e. The van der Waals surface area contributed by atoms with E-state index in [1.165, 1.54) is 43.5 Å². The molecule has 4 heteroatoms. The Balaban J connectivity index is 2.53. The highest BCUT2D eigenvalue weighted by atomic mass is 19.1. The van der Waals surface area contributed by atoms with Crippen molar-refractivity contribution < 1.29 is 19.0 Å². The molecule has 0 radical (unpaired) electrons. The molecule has 0 heterocycles. The Morgan fingerprint density at radius 3 is 2.67 bits per heavy atom. The molecular weight excluding hydrogens is 235 g/mol. The maximum Gasteiger partial charge on any atom is 0.337 e. The minimum absolute atomic E-state index is 0.0201. The van der Waals surface area contributed by atoms with Gasteiger partial charge in [-0.2, -0.15) is 0 Å². The first-order valence-corrected chi connectivity index (χ1v) is 5.29. The highest BCUT2D eigenvalue weighted by Gasteiger charge is 2.11. The quantitative estimate of drug-likeness (QED) is 0.828. The van der Waals surface area contributed by atoms with E-state index in [0.717, 1.165) is 0 Å². The molecule has 18 heavy (non-hydrogen) atoms. The number of benzene rings is 2. The number of phenols is 1. The van der Waals surface area contributed by atoms with Crippen LogP contribution in [0.1, 0.15) is 10.4 Å². The summed E-state index contributed by atoms with van der Waals surface area (Å²) < 4.78 is 17.7. The van der Waals surface area contributed by atoms with Crippen molar-refractivity contribution in [2.75, 3.05) is 7.11 Å². The minimum atomic E-state index is -0.507. The number of carbonyl (C=O) groups excluding carboxylic acids is 1. The first-order valence-electron chi connectivity index (χ1n) is 5.29. The van der Waals surface area contributed by atoms with Crippen LogP contribution in [0.4, 0.5) is 4.39 Å². The Morgan fingerprint density at radius 1 is 1.22 bits per heavy atom. The Morgan fingerprint density at radius 2 is 2.00 bits per heavy atom. The van der Waals surface area contributed by atoms with Crippen molar-refractivity contribution in [3.8, 4) is 16.9 Å². The van der Waals surface area contributed by atoms with Crippen molar-refractivity contribution in [1.82, 2.24) is 0 Å². The van der Waals surface area contributed by atoms with Crippen LogP contribution in [0.3, 0.4) is 0 Å². The summed E-state index contributed by atoms with van der Waals surface area (Å²) in [4.78, 5) is 11.4. The van der Waals surface area contributed by atoms with E-state index in [4.69, 9.17) is 0 Å². The van der Waals surface area contributed by atoms with Crippen LogP contribution in [0.2, 0.25) is 0 Å². The van der Waals surface area contributed by atoms with Gasteiger partial charge in [-0.3, -0.25) is 0 Å². The van der Waals surface area contributed by atoms with Gasteiger partial charge < -0.3 is 9.84 Å². The predicted molar refractivity (Wildman–Crippen MR) is 64.8 cm³/mol. The third-order valence-electron chi connectivity index (χ3n) is 2.55. The molecule has 2 rings (SSSR count). The number of methoxy groups -OCH3 is 1. The van der Waals surface area contributed by atoms with Gasteiger partial charge >= 0.3 is 5.97 Å². The number of hydrogen-bond donors (Lipinski definition) is 1. The second-order valence-electron chi connectivity index (χ2n) is 3.73. The maximum absolute atomic E-state index is 13.1. The van der Waals surface area contributed by atoms with Crippen LogP contribution < -0.4 is 0 Å². The second kappa shape index (κ2) is 4.87. The topological polar surface area (TPSA) is 46.5 Å². The summed E-state index contributed by atoms with van der Waals surface area (Å²) in [7, 11) is 1.27. The molecule has 92 valence electrons. The van der Waals surface area contributed by atoms with Crippen molar-refractivity contribution in [2.45, 2.75) is 0 Å². The van der Waals surface area contributed by atoms with Crippen molar-refractivity contribution in [3.05, 3.63) is 53.8 Å². The molecule has 0 aliphatic rings. The molecule has 0 aromatic heterocycles. The van der Waals surface area contributed by atoms with Crippen LogP contribution in [-0.4, -0.2) is 18.2 Å². The van der Waals surface area contributed by atoms with E-state index in [1.807, 2.05) is 0 Å². The Labute approximate surface area is 103 Å². The molecule has 0 amide bonds. The largest absolute Gasteiger partial charge is 0.507 e. The Kier molecular flexibility index (Phi) is 3.28. The summed E-state index contributed by atoms with van der Waals surface area (Å²) in [6.07, 6.45) is 0. The van der Waals surface area contributed by atoms with Crippen molar-refractivity contribution in [3.63, 3.8) is 0 Å². The molecule has 0 aliphatic carbocycles. The fourth-order valence-corrected chi connectivity index (χ4v) is 1.67. The summed E-state index contributed by atoms with van der Waals surface area (Å²) in [6, 6.07) is 10.1. The molecule has 2 aromatic rings. The van der Waals surface area contributed by atoms with Crippen LogP contribution in [0, 0.1) is 5.82 Å². The van der Waals surface area contributed by atoms with E-state index < -0.39 is 11.8 Å². The lowest BCUT2D eigenvalue weighted by atomic mass is 10.0. The van der Waals surface area contributed by atoms with E-state index in [2.05, 4.69) is 4.74 Å². The molecule has 0 saturated heterocycles. The van der Waals surface area contributed by atoms with Gasteiger partial charge in [0.1, 0.15) is 11.6 Å². The second-order valence-corrected chi connectivity index (χ2v) is 3.73. The predicted octanol–water partition coefficient (Wildman–Crippen LogP) is 2.98. The lowest BCUT2D eigenvalue weighted by Gasteiger charge is -2.07. The SMILES string of the molecule is COC(=O)c1ccc(O)c(-c2cccc(F)c2)c1. The first-order chi connectivity index (χ1) is 8.61. The summed E-state index contributed by atoms with van der Waals surface area (Å²) in [5, 5.41) is 9.76. The number of hydrogen-bond acceptors (Lipinski definition) is 3. The lowest BCUT2D eigenvalue weighted by molar-refractivity contribution is 0.0601. The molecule has 0 unspecified atom stereocenters. The molecule has 2 aromatic carbocycles. The highest BCUT2D eigenvalue weighted by molar-refractivity contribution is 5.91. The van der Waals surface area contributed by atoms with E-state index in [9.17, 15) is 14.3 Å². The maximum atomic E-state index is 13.1. The van der Waals surface area contributed by atoms with E-state index >= 15 is 0 Å². The molecule has 0 atom stereocenters. The zero-order chi connectivity index (χ0) is 13.1. The average Bonchev–Trinajstić information content (AvgIpc) is 2.38. The standard InChI is InChI=1S/C14H11FO3/c1-18-14(17)10-5-6-13(16)12(8-10)9-3-2-4-11(15)7-9/h2-8,16H,1H3. The molecule has 0 bridgehead atoms. The summed E-state index contributed by atoms with van der Waals surface area (Å²) in [5.74, 6) is -0.934. The van der Waals surface area contributed by atoms with Crippen LogP contribution >= 0.6 is 0 Å². The smallest absolute Gasteiger partial charge is 0.337 e. The Hall–Kier alpha value is -2.36. The summed E-state index contributed by atoms with van der Waals surface area (Å²) in [6.45, 7) is 0. The number of aromatic hydroxyl groups is 1. The van der Waals surface area contributed by atoms with Gasteiger partial charge in [-0.15, -0.1) is 0 Å². The number of rotatable bonds is 2. The highest BCUT2D eigenvalue weighted by Crippen LogP contribution is 2.30. The van der Waals surface area contributed by atoms with Crippen LogP contribution in [0.15, 0.2) is 42.5 Å². The van der Waals surface area contributed by atoms with Crippen molar-refractivity contribution in [2.24, 2.45) is 0 Å². The molecular formula is C14H11FO3. The van der Waals surface area contributed by atoms with Gasteiger partial charge in [0.15, 0.2) is 0 Å². The number of ether oxygens (including phenoxy) is 1. The molecule has 0 saturated carbocycles. The zero-order valence-corrected chi connectivity index (χ0v) is 9.68. The van der Waals surface area contributed by atoms with E-state index in [0.29, 0.717) is 16.7 Å². The molecule has 1 N–H and O–H groups in total. The zero-order valence-electron chi connectivity index (χ0n) is 9.68. The third kappa shape index (κ3) is 2.32. The monoisotopic (exact) mass is 246 g/mol. The number of esters is 1. The van der Waals surface area contributed by atoms with Gasteiger partial charge in [0.25, 0.3) is 0 Å². The van der Waals surface area contributed by atoms with E-state index in [-0.39, 0.29) is 5.75 Å². The molecule has 0 fully saturated rings. The van der Waals surface area contributed by atoms with Gasteiger partial charge in [0.05, 0.1) is 12.7 Å². The van der Waals surface area contributed by atoms with Gasteiger partial charge in [-0.1, -0.05) is 12.1 Å². The van der Waals surface area contributed by atoms with Gasteiger partial charge in [0, 0.05) is 5.56 Å². The van der Waals surface area contributed by atoms with E-state index in [1.54, 1.807) is 6.07 Å². The number of carbonyl (C=O) groups is 1. The summed E-state index contributed by atoms with van der Waals surface area (Å²) in [5.41, 5.74) is 1.19. The number of phenolic OH excluding ortho intramolecular Hbond substituents is 1. The molecule has 0 aliphatic heterocycles. The van der Waals surface area contributed by atoms with Gasteiger partial charge in [-0.05, 0) is 35.9 Å².